The van der Waals surface area contributed by atoms with Crippen LogP contribution in [-0.4, -0.2) is 15.0 Å². The van der Waals surface area contributed by atoms with E-state index in [9.17, 15) is 0 Å². The van der Waals surface area contributed by atoms with Crippen molar-refractivity contribution in [1.29, 1.82) is 0 Å². The van der Waals surface area contributed by atoms with Crippen LogP contribution in [0, 0.1) is 23.2 Å². The van der Waals surface area contributed by atoms with E-state index in [0.717, 1.165) is 42.8 Å². The number of aryl methyl sites for hydroxylation is 1. The van der Waals surface area contributed by atoms with Gasteiger partial charge in [0, 0.05) is 12.6 Å². The molecule has 4 aliphatic rings. The molecule has 4 saturated carbocycles. The topological polar surface area (TPSA) is 56.7 Å². The van der Waals surface area contributed by atoms with Crippen molar-refractivity contribution in [2.45, 2.75) is 70.9 Å². The molecule has 2 N–H and O–H groups in total. The molecular formula is C17H28N4. The van der Waals surface area contributed by atoms with E-state index in [-0.39, 0.29) is 6.04 Å². The van der Waals surface area contributed by atoms with Gasteiger partial charge in [-0.05, 0) is 74.5 Å². The summed E-state index contributed by atoms with van der Waals surface area (Å²) >= 11 is 0. The van der Waals surface area contributed by atoms with Gasteiger partial charge >= 0.3 is 0 Å². The molecule has 1 atom stereocenters. The average molecular weight is 288 g/mol. The van der Waals surface area contributed by atoms with E-state index in [1.54, 1.807) is 0 Å². The van der Waals surface area contributed by atoms with Crippen molar-refractivity contribution in [3.8, 4) is 0 Å². The Morgan fingerprint density at radius 1 is 1.24 bits per heavy atom. The van der Waals surface area contributed by atoms with Gasteiger partial charge < -0.3 is 5.73 Å². The number of nitrogens with zero attached hydrogens (tertiary/aromatic N) is 3. The highest BCUT2D eigenvalue weighted by Gasteiger charge is 2.51. The van der Waals surface area contributed by atoms with E-state index in [1.807, 2.05) is 10.9 Å². The summed E-state index contributed by atoms with van der Waals surface area (Å²) in [5.41, 5.74) is 8.27. The summed E-state index contributed by atoms with van der Waals surface area (Å²) < 4.78 is 2.02. The molecular weight excluding hydrogens is 260 g/mol. The number of rotatable bonds is 5. The van der Waals surface area contributed by atoms with Gasteiger partial charge in [0.1, 0.15) is 0 Å². The standard InChI is InChI=1S/C17H28N4/c1-2-3-21-16(11-19-20-21)15(18)10-17-7-12-4-13(8-17)6-14(5-12)9-17/h11-15H,2-10,18H2,1H3. The predicted molar refractivity (Wildman–Crippen MR) is 82.5 cm³/mol. The van der Waals surface area contributed by atoms with E-state index in [0.29, 0.717) is 5.41 Å². The SMILES string of the molecule is CCCn1nncc1C(N)CC12CC3CC(CC(C3)C1)C2. The Morgan fingerprint density at radius 3 is 2.43 bits per heavy atom. The zero-order chi connectivity index (χ0) is 14.4. The molecule has 1 aromatic heterocycles. The number of hydrogen-bond donors (Lipinski definition) is 1. The van der Waals surface area contributed by atoms with Crippen molar-refractivity contribution in [3.63, 3.8) is 0 Å². The third-order valence-electron chi connectivity index (χ3n) is 6.28. The third-order valence-corrected chi connectivity index (χ3v) is 6.28. The fraction of sp³-hybridized carbons (Fsp3) is 0.882. The summed E-state index contributed by atoms with van der Waals surface area (Å²) in [4.78, 5) is 0. The quantitative estimate of drug-likeness (QED) is 0.904. The van der Waals surface area contributed by atoms with Gasteiger partial charge in [-0.1, -0.05) is 12.1 Å². The maximum absolute atomic E-state index is 6.59. The Balaban J connectivity index is 1.51. The van der Waals surface area contributed by atoms with Crippen molar-refractivity contribution < 1.29 is 0 Å². The lowest BCUT2D eigenvalue weighted by Gasteiger charge is -2.57. The van der Waals surface area contributed by atoms with Crippen LogP contribution in [0.5, 0.6) is 0 Å². The van der Waals surface area contributed by atoms with Gasteiger partial charge in [0.15, 0.2) is 0 Å². The second kappa shape index (κ2) is 5.08. The molecule has 0 saturated heterocycles. The molecule has 0 aliphatic heterocycles. The first kappa shape index (κ1) is 13.7. The van der Waals surface area contributed by atoms with Crippen LogP contribution >= 0.6 is 0 Å². The van der Waals surface area contributed by atoms with Crippen molar-refractivity contribution in [3.05, 3.63) is 11.9 Å². The van der Waals surface area contributed by atoms with Crippen molar-refractivity contribution in [2.24, 2.45) is 28.9 Å². The smallest absolute Gasteiger partial charge is 0.0754 e. The molecule has 4 nitrogen and oxygen atoms in total. The van der Waals surface area contributed by atoms with E-state index < -0.39 is 0 Å². The summed E-state index contributed by atoms with van der Waals surface area (Å²) in [7, 11) is 0. The molecule has 1 unspecified atom stereocenters. The first-order chi connectivity index (χ1) is 10.2. The highest BCUT2D eigenvalue weighted by atomic mass is 15.4. The minimum atomic E-state index is 0.114. The Bertz CT molecular complexity index is 471. The minimum Gasteiger partial charge on any atom is -0.323 e. The number of nitrogens with two attached hydrogens (primary N) is 1. The molecule has 1 aromatic rings. The lowest BCUT2D eigenvalue weighted by Crippen LogP contribution is -2.47. The molecule has 5 rings (SSSR count). The second-order valence-electron chi connectivity index (χ2n) is 8.11. The Labute approximate surface area is 127 Å². The second-order valence-corrected chi connectivity index (χ2v) is 8.11. The summed E-state index contributed by atoms with van der Waals surface area (Å²) in [6, 6.07) is 0.114. The molecule has 1 heterocycles. The van der Waals surface area contributed by atoms with Crippen LogP contribution in [0.3, 0.4) is 0 Å². The first-order valence-corrected chi connectivity index (χ1v) is 8.81. The summed E-state index contributed by atoms with van der Waals surface area (Å²) in [5.74, 6) is 3.01. The monoisotopic (exact) mass is 288 g/mol. The minimum absolute atomic E-state index is 0.114. The molecule has 0 radical (unpaired) electrons. The summed E-state index contributed by atoms with van der Waals surface area (Å²) in [6.07, 6.45) is 12.9. The van der Waals surface area contributed by atoms with Crippen LogP contribution in [0.25, 0.3) is 0 Å². The summed E-state index contributed by atoms with van der Waals surface area (Å²) in [6.45, 7) is 3.11. The Hall–Kier alpha value is -0.900. The molecule has 0 spiro atoms. The van der Waals surface area contributed by atoms with Crippen molar-refractivity contribution >= 4 is 0 Å². The van der Waals surface area contributed by atoms with Crippen molar-refractivity contribution in [2.75, 3.05) is 0 Å². The first-order valence-electron chi connectivity index (χ1n) is 8.81. The third kappa shape index (κ3) is 2.41. The number of aromatic nitrogens is 3. The van der Waals surface area contributed by atoms with Crippen molar-refractivity contribution in [1.82, 2.24) is 15.0 Å². The van der Waals surface area contributed by atoms with Gasteiger partial charge in [0.25, 0.3) is 0 Å². The largest absolute Gasteiger partial charge is 0.323 e. The molecule has 0 aromatic carbocycles. The van der Waals surface area contributed by atoms with Gasteiger partial charge in [0.2, 0.25) is 0 Å². The van der Waals surface area contributed by atoms with Crippen LogP contribution in [0.15, 0.2) is 6.20 Å². The number of hydrogen-bond acceptors (Lipinski definition) is 3. The zero-order valence-electron chi connectivity index (χ0n) is 13.2. The van der Waals surface area contributed by atoms with Gasteiger partial charge in [-0.3, -0.25) is 0 Å². The van der Waals surface area contributed by atoms with Gasteiger partial charge in [-0.25, -0.2) is 4.68 Å². The molecule has 4 fully saturated rings. The van der Waals surface area contributed by atoms with Crippen LogP contribution in [0.1, 0.15) is 70.0 Å². The highest BCUT2D eigenvalue weighted by molar-refractivity contribution is 5.07. The highest BCUT2D eigenvalue weighted by Crippen LogP contribution is 2.62. The molecule has 4 aliphatic carbocycles. The van der Waals surface area contributed by atoms with E-state index in [1.165, 1.54) is 38.5 Å². The maximum Gasteiger partial charge on any atom is 0.0754 e. The van der Waals surface area contributed by atoms with Crippen LogP contribution in [0.4, 0.5) is 0 Å². The van der Waals surface area contributed by atoms with Gasteiger partial charge in [0.05, 0.1) is 11.9 Å². The van der Waals surface area contributed by atoms with E-state index in [2.05, 4.69) is 17.2 Å². The molecule has 21 heavy (non-hydrogen) atoms. The zero-order valence-corrected chi connectivity index (χ0v) is 13.2. The fourth-order valence-electron chi connectivity index (χ4n) is 6.05. The Morgan fingerprint density at radius 2 is 1.86 bits per heavy atom. The fourth-order valence-corrected chi connectivity index (χ4v) is 6.05. The molecule has 4 bridgehead atoms. The van der Waals surface area contributed by atoms with E-state index >= 15 is 0 Å². The lowest BCUT2D eigenvalue weighted by molar-refractivity contribution is -0.0608. The van der Waals surface area contributed by atoms with E-state index in [4.69, 9.17) is 5.73 Å². The summed E-state index contributed by atoms with van der Waals surface area (Å²) in [5, 5.41) is 8.30. The lowest BCUT2D eigenvalue weighted by atomic mass is 9.48. The average Bonchev–Trinajstić information content (AvgIpc) is 2.85. The Kier molecular flexibility index (Phi) is 3.32. The van der Waals surface area contributed by atoms with Crippen LogP contribution < -0.4 is 5.73 Å². The van der Waals surface area contributed by atoms with Crippen LogP contribution in [0.2, 0.25) is 0 Å². The van der Waals surface area contributed by atoms with Crippen LogP contribution in [-0.2, 0) is 6.54 Å². The van der Waals surface area contributed by atoms with Gasteiger partial charge in [-0.2, -0.15) is 0 Å². The molecule has 4 heteroatoms. The predicted octanol–water partition coefficient (Wildman–Crippen LogP) is 3.29. The molecule has 116 valence electrons. The molecule has 0 amide bonds. The maximum atomic E-state index is 6.59. The normalized spacial score (nSPS) is 38.9. The van der Waals surface area contributed by atoms with Gasteiger partial charge in [-0.15, -0.1) is 5.10 Å².